The van der Waals surface area contributed by atoms with Crippen molar-refractivity contribution in [2.45, 2.75) is 36.7 Å². The number of rotatable bonds is 3. The Hall–Kier alpha value is -1.16. The molecule has 17 heavy (non-hydrogen) atoms. The molecule has 0 unspecified atom stereocenters. The van der Waals surface area contributed by atoms with Crippen molar-refractivity contribution in [1.29, 1.82) is 0 Å². The summed E-state index contributed by atoms with van der Waals surface area (Å²) >= 11 is 0. The summed E-state index contributed by atoms with van der Waals surface area (Å²) in [5.74, 6) is 0.281. The molecule has 92 valence electrons. The maximum absolute atomic E-state index is 12.2. The lowest BCUT2D eigenvalue weighted by atomic mass is 9.99. The van der Waals surface area contributed by atoms with E-state index in [1.807, 2.05) is 30.3 Å². The lowest BCUT2D eigenvalue weighted by molar-refractivity contribution is -0.120. The third kappa shape index (κ3) is 3.16. The second-order valence-electron chi connectivity index (χ2n) is 4.53. The van der Waals surface area contributed by atoms with Crippen molar-refractivity contribution in [2.24, 2.45) is 0 Å². The van der Waals surface area contributed by atoms with Crippen molar-refractivity contribution in [1.82, 2.24) is 0 Å². The van der Waals surface area contributed by atoms with Crippen molar-refractivity contribution < 1.29 is 13.2 Å². The van der Waals surface area contributed by atoms with Crippen LogP contribution in [0.15, 0.2) is 30.3 Å². The van der Waals surface area contributed by atoms with Crippen LogP contribution in [0.1, 0.15) is 31.2 Å². The molecule has 0 aromatic heterocycles. The number of carbonyl (C=O) groups is 1. The van der Waals surface area contributed by atoms with E-state index in [1.54, 1.807) is 0 Å². The predicted molar refractivity (Wildman–Crippen MR) is 66.3 cm³/mol. The molecule has 0 atom stereocenters. The second-order valence-corrected chi connectivity index (χ2v) is 6.81. The molecular formula is C13H16O3S. The van der Waals surface area contributed by atoms with Crippen LogP contribution in [0.4, 0.5) is 0 Å². The van der Waals surface area contributed by atoms with Crippen LogP contribution in [0, 0.1) is 0 Å². The van der Waals surface area contributed by atoms with Crippen LogP contribution in [0.2, 0.25) is 0 Å². The zero-order valence-electron chi connectivity index (χ0n) is 9.63. The first kappa shape index (κ1) is 12.3. The largest absolute Gasteiger partial charge is 0.300 e. The molecular weight excluding hydrogens is 236 g/mol. The minimum absolute atomic E-state index is 0.0900. The van der Waals surface area contributed by atoms with Gasteiger partial charge in [0.25, 0.3) is 0 Å². The summed E-state index contributed by atoms with van der Waals surface area (Å²) in [4.78, 5) is 11.1. The van der Waals surface area contributed by atoms with E-state index in [1.165, 1.54) is 0 Å². The molecule has 0 N–H and O–H groups in total. The van der Waals surface area contributed by atoms with E-state index >= 15 is 0 Å². The minimum atomic E-state index is -3.11. The summed E-state index contributed by atoms with van der Waals surface area (Å²) in [6.07, 6.45) is 1.82. The van der Waals surface area contributed by atoms with Crippen molar-refractivity contribution in [3.05, 3.63) is 35.9 Å². The fourth-order valence-electron chi connectivity index (χ4n) is 2.20. The number of hydrogen-bond donors (Lipinski definition) is 0. The Morgan fingerprint density at radius 2 is 1.65 bits per heavy atom. The number of ketones is 1. The van der Waals surface area contributed by atoms with Crippen LogP contribution in [-0.4, -0.2) is 19.5 Å². The average Bonchev–Trinajstić information content (AvgIpc) is 2.30. The Morgan fingerprint density at radius 3 is 2.24 bits per heavy atom. The fraction of sp³-hybridized carbons (Fsp3) is 0.462. The number of carbonyl (C=O) groups excluding carboxylic acids is 1. The minimum Gasteiger partial charge on any atom is -0.300 e. The van der Waals surface area contributed by atoms with Gasteiger partial charge >= 0.3 is 0 Å². The Kier molecular flexibility index (Phi) is 3.62. The normalized spacial score (nSPS) is 18.2. The van der Waals surface area contributed by atoms with Gasteiger partial charge < -0.3 is 0 Å². The molecule has 3 nitrogen and oxygen atoms in total. The van der Waals surface area contributed by atoms with Crippen LogP contribution in [-0.2, 0) is 20.4 Å². The zero-order chi connectivity index (χ0) is 12.3. The summed E-state index contributed by atoms with van der Waals surface area (Å²) in [6.45, 7) is 0. The van der Waals surface area contributed by atoms with Crippen LogP contribution in [0.25, 0.3) is 0 Å². The number of hydrogen-bond acceptors (Lipinski definition) is 3. The smallest absolute Gasteiger partial charge is 0.157 e. The highest BCUT2D eigenvalue weighted by molar-refractivity contribution is 7.91. The summed E-state index contributed by atoms with van der Waals surface area (Å²) in [6, 6.07) is 9.21. The van der Waals surface area contributed by atoms with Gasteiger partial charge in [0, 0.05) is 12.8 Å². The SMILES string of the molecule is O=C1CCC(S(=O)(=O)Cc2ccccc2)CC1. The highest BCUT2D eigenvalue weighted by Crippen LogP contribution is 2.24. The summed E-state index contributed by atoms with van der Waals surface area (Å²) in [7, 11) is -3.11. The molecule has 0 heterocycles. The number of sulfone groups is 1. The van der Waals surface area contributed by atoms with Gasteiger partial charge in [-0.15, -0.1) is 0 Å². The molecule has 1 aliphatic carbocycles. The summed E-state index contributed by atoms with van der Waals surface area (Å²) in [5, 5.41) is -0.333. The molecule has 0 aliphatic heterocycles. The van der Waals surface area contributed by atoms with Gasteiger partial charge in [-0.2, -0.15) is 0 Å². The molecule has 1 aromatic rings. The first-order valence-corrected chi connectivity index (χ1v) is 7.57. The maximum atomic E-state index is 12.2. The van der Waals surface area contributed by atoms with Crippen molar-refractivity contribution in [3.63, 3.8) is 0 Å². The average molecular weight is 252 g/mol. The molecule has 1 aliphatic rings. The number of Topliss-reactive ketones (excluding diaryl/α,β-unsaturated/α-hetero) is 1. The van der Waals surface area contributed by atoms with Crippen LogP contribution >= 0.6 is 0 Å². The highest BCUT2D eigenvalue weighted by atomic mass is 32.2. The Morgan fingerprint density at radius 1 is 1.06 bits per heavy atom. The maximum Gasteiger partial charge on any atom is 0.157 e. The summed E-state index contributed by atoms with van der Waals surface area (Å²) in [5.41, 5.74) is 0.824. The standard InChI is InChI=1S/C13H16O3S/c14-12-6-8-13(9-7-12)17(15,16)10-11-4-2-1-3-5-11/h1-5,13H,6-10H2. The number of benzene rings is 1. The molecule has 0 radical (unpaired) electrons. The van der Waals surface area contributed by atoms with E-state index in [0.29, 0.717) is 25.7 Å². The highest BCUT2D eigenvalue weighted by Gasteiger charge is 2.29. The topological polar surface area (TPSA) is 51.2 Å². The van der Waals surface area contributed by atoms with Crippen molar-refractivity contribution >= 4 is 15.6 Å². The molecule has 0 amide bonds. The molecule has 1 fully saturated rings. The summed E-state index contributed by atoms with van der Waals surface area (Å²) < 4.78 is 24.3. The molecule has 2 rings (SSSR count). The molecule has 0 spiro atoms. The van der Waals surface area contributed by atoms with Crippen LogP contribution in [0.3, 0.4) is 0 Å². The molecule has 0 bridgehead atoms. The predicted octanol–water partition coefficient (Wildman–Crippen LogP) is 2.11. The molecule has 1 aromatic carbocycles. The Balaban J connectivity index is 2.07. The first-order chi connectivity index (χ1) is 8.08. The van der Waals surface area contributed by atoms with Gasteiger partial charge in [-0.1, -0.05) is 30.3 Å². The fourth-order valence-corrected chi connectivity index (χ4v) is 4.04. The van der Waals surface area contributed by atoms with Gasteiger partial charge in [-0.05, 0) is 18.4 Å². The van der Waals surface area contributed by atoms with Crippen LogP contribution in [0.5, 0.6) is 0 Å². The van der Waals surface area contributed by atoms with Gasteiger partial charge in [0.1, 0.15) is 5.78 Å². The third-order valence-corrected chi connectivity index (χ3v) is 5.43. The van der Waals surface area contributed by atoms with Crippen molar-refractivity contribution in [3.8, 4) is 0 Å². The van der Waals surface area contributed by atoms with Gasteiger partial charge in [-0.3, -0.25) is 4.79 Å². The quantitative estimate of drug-likeness (QED) is 0.828. The first-order valence-electron chi connectivity index (χ1n) is 5.85. The van der Waals surface area contributed by atoms with Crippen LogP contribution < -0.4 is 0 Å². The van der Waals surface area contributed by atoms with Gasteiger partial charge in [0.2, 0.25) is 0 Å². The van der Waals surface area contributed by atoms with E-state index in [-0.39, 0.29) is 16.8 Å². The van der Waals surface area contributed by atoms with Gasteiger partial charge in [-0.25, -0.2) is 8.42 Å². The lowest BCUT2D eigenvalue weighted by Crippen LogP contribution is -2.28. The van der Waals surface area contributed by atoms with Gasteiger partial charge in [0.05, 0.1) is 11.0 Å². The van der Waals surface area contributed by atoms with E-state index in [2.05, 4.69) is 0 Å². The van der Waals surface area contributed by atoms with Gasteiger partial charge in [0.15, 0.2) is 9.84 Å². The zero-order valence-corrected chi connectivity index (χ0v) is 10.4. The molecule has 0 saturated heterocycles. The Bertz CT molecular complexity index is 481. The lowest BCUT2D eigenvalue weighted by Gasteiger charge is -2.21. The van der Waals surface area contributed by atoms with E-state index < -0.39 is 9.84 Å². The molecule has 1 saturated carbocycles. The van der Waals surface area contributed by atoms with E-state index in [4.69, 9.17) is 0 Å². The monoisotopic (exact) mass is 252 g/mol. The van der Waals surface area contributed by atoms with Crippen molar-refractivity contribution in [2.75, 3.05) is 0 Å². The third-order valence-electron chi connectivity index (χ3n) is 3.21. The molecule has 4 heteroatoms. The van der Waals surface area contributed by atoms with E-state index in [9.17, 15) is 13.2 Å². The second kappa shape index (κ2) is 5.00. The van der Waals surface area contributed by atoms with E-state index in [0.717, 1.165) is 5.56 Å². The Labute approximate surface area is 102 Å².